The first-order chi connectivity index (χ1) is 11.6. The van der Waals surface area contributed by atoms with Crippen LogP contribution in [0.3, 0.4) is 0 Å². The Morgan fingerprint density at radius 3 is 2.88 bits per heavy atom. The standard InChI is InChI=1S/C19H20FNO3/c1-2-24-18-7-6-15(9-13(18)11-22)21-19(23)17-10-16(17)12-4-3-5-14(20)8-12/h3-9,16-17,22H,2,10-11H2,1H3,(H,21,23). The van der Waals surface area contributed by atoms with Crippen LogP contribution in [-0.2, 0) is 11.4 Å². The molecule has 0 heterocycles. The topological polar surface area (TPSA) is 58.6 Å². The minimum atomic E-state index is -0.280. The highest BCUT2D eigenvalue weighted by Crippen LogP contribution is 2.48. The van der Waals surface area contributed by atoms with Crippen molar-refractivity contribution in [3.8, 4) is 5.75 Å². The number of carbonyl (C=O) groups excluding carboxylic acids is 1. The minimum Gasteiger partial charge on any atom is -0.494 e. The molecule has 2 aromatic carbocycles. The number of hydrogen-bond acceptors (Lipinski definition) is 3. The highest BCUT2D eigenvalue weighted by atomic mass is 19.1. The molecule has 126 valence electrons. The van der Waals surface area contributed by atoms with Gasteiger partial charge in [0.05, 0.1) is 13.2 Å². The molecule has 0 radical (unpaired) electrons. The van der Waals surface area contributed by atoms with Crippen molar-refractivity contribution in [2.24, 2.45) is 5.92 Å². The van der Waals surface area contributed by atoms with Gasteiger partial charge in [0.1, 0.15) is 11.6 Å². The lowest BCUT2D eigenvalue weighted by Crippen LogP contribution is -2.15. The second-order valence-corrected chi connectivity index (χ2v) is 5.91. The molecule has 0 aliphatic heterocycles. The van der Waals surface area contributed by atoms with Gasteiger partial charge in [-0.3, -0.25) is 4.79 Å². The quantitative estimate of drug-likeness (QED) is 0.853. The molecule has 2 unspecified atom stereocenters. The Hall–Kier alpha value is -2.40. The number of aliphatic hydroxyl groups is 1. The van der Waals surface area contributed by atoms with E-state index in [1.54, 1.807) is 24.3 Å². The molecule has 5 heteroatoms. The number of carbonyl (C=O) groups is 1. The molecule has 0 spiro atoms. The highest BCUT2D eigenvalue weighted by molar-refractivity contribution is 5.95. The molecule has 1 saturated carbocycles. The number of hydrogen-bond donors (Lipinski definition) is 2. The normalized spacial score (nSPS) is 19.0. The molecule has 1 fully saturated rings. The molecule has 0 bridgehead atoms. The molecule has 2 N–H and O–H groups in total. The summed E-state index contributed by atoms with van der Waals surface area (Å²) < 4.78 is 18.7. The number of halogens is 1. The van der Waals surface area contributed by atoms with E-state index in [2.05, 4.69) is 5.32 Å². The lowest BCUT2D eigenvalue weighted by molar-refractivity contribution is -0.117. The van der Waals surface area contributed by atoms with Crippen molar-refractivity contribution < 1.29 is 19.0 Å². The molecule has 1 aliphatic carbocycles. The Morgan fingerprint density at radius 2 is 2.17 bits per heavy atom. The van der Waals surface area contributed by atoms with Crippen LogP contribution < -0.4 is 10.1 Å². The molecule has 3 rings (SSSR count). The maximum Gasteiger partial charge on any atom is 0.228 e. The SMILES string of the molecule is CCOc1ccc(NC(=O)C2CC2c2cccc(F)c2)cc1CO. The van der Waals surface area contributed by atoms with Gasteiger partial charge in [0.25, 0.3) is 0 Å². The number of rotatable bonds is 6. The van der Waals surface area contributed by atoms with Crippen molar-refractivity contribution in [2.75, 3.05) is 11.9 Å². The lowest BCUT2D eigenvalue weighted by atomic mass is 10.1. The largest absolute Gasteiger partial charge is 0.494 e. The van der Waals surface area contributed by atoms with E-state index >= 15 is 0 Å². The summed E-state index contributed by atoms with van der Waals surface area (Å²) in [6.45, 7) is 2.22. The van der Waals surface area contributed by atoms with Gasteiger partial charge in [-0.15, -0.1) is 0 Å². The van der Waals surface area contributed by atoms with Crippen LogP contribution in [0.25, 0.3) is 0 Å². The number of benzene rings is 2. The van der Waals surface area contributed by atoms with Gasteiger partial charge in [0.15, 0.2) is 0 Å². The second kappa shape index (κ2) is 7.01. The summed E-state index contributed by atoms with van der Waals surface area (Å²) in [7, 11) is 0. The highest BCUT2D eigenvalue weighted by Gasteiger charge is 2.44. The third kappa shape index (κ3) is 3.57. The van der Waals surface area contributed by atoms with Crippen molar-refractivity contribution in [1.29, 1.82) is 0 Å². The zero-order valence-electron chi connectivity index (χ0n) is 13.5. The first kappa shape index (κ1) is 16.5. The Balaban J connectivity index is 1.66. The predicted molar refractivity (Wildman–Crippen MR) is 89.4 cm³/mol. The van der Waals surface area contributed by atoms with Gasteiger partial charge >= 0.3 is 0 Å². The molecule has 2 atom stereocenters. The van der Waals surface area contributed by atoms with Crippen LogP contribution in [0.1, 0.15) is 30.4 Å². The summed E-state index contributed by atoms with van der Waals surface area (Å²) in [5, 5.41) is 12.3. The summed E-state index contributed by atoms with van der Waals surface area (Å²) in [6.07, 6.45) is 0.721. The molecular formula is C19H20FNO3. The van der Waals surface area contributed by atoms with Crippen LogP contribution in [0.4, 0.5) is 10.1 Å². The fourth-order valence-corrected chi connectivity index (χ4v) is 2.90. The molecule has 4 nitrogen and oxygen atoms in total. The van der Waals surface area contributed by atoms with Crippen molar-refractivity contribution in [3.05, 3.63) is 59.4 Å². The Kier molecular flexibility index (Phi) is 4.81. The number of amides is 1. The van der Waals surface area contributed by atoms with E-state index in [1.807, 2.05) is 13.0 Å². The fourth-order valence-electron chi connectivity index (χ4n) is 2.90. The first-order valence-corrected chi connectivity index (χ1v) is 8.05. The van der Waals surface area contributed by atoms with Crippen LogP contribution in [0.15, 0.2) is 42.5 Å². The second-order valence-electron chi connectivity index (χ2n) is 5.91. The fraction of sp³-hybridized carbons (Fsp3) is 0.316. The van der Waals surface area contributed by atoms with Crippen LogP contribution in [0.2, 0.25) is 0 Å². The summed E-state index contributed by atoms with van der Waals surface area (Å²) >= 11 is 0. The number of ether oxygens (including phenoxy) is 1. The number of aliphatic hydroxyl groups excluding tert-OH is 1. The molecule has 1 aliphatic rings. The van der Waals surface area contributed by atoms with Gasteiger partial charge in [-0.05, 0) is 55.2 Å². The van der Waals surface area contributed by atoms with Gasteiger partial charge in [-0.25, -0.2) is 4.39 Å². The van der Waals surface area contributed by atoms with Gasteiger partial charge in [0.2, 0.25) is 5.91 Å². The van der Waals surface area contributed by atoms with Crippen molar-refractivity contribution in [3.63, 3.8) is 0 Å². The molecular weight excluding hydrogens is 309 g/mol. The van der Waals surface area contributed by atoms with Crippen LogP contribution in [-0.4, -0.2) is 17.6 Å². The van der Waals surface area contributed by atoms with E-state index in [9.17, 15) is 14.3 Å². The lowest BCUT2D eigenvalue weighted by Gasteiger charge is -2.11. The van der Waals surface area contributed by atoms with Crippen molar-refractivity contribution in [1.82, 2.24) is 0 Å². The summed E-state index contributed by atoms with van der Waals surface area (Å²) in [6, 6.07) is 11.6. The Morgan fingerprint density at radius 1 is 1.33 bits per heavy atom. The van der Waals surface area contributed by atoms with Crippen LogP contribution in [0, 0.1) is 11.7 Å². The van der Waals surface area contributed by atoms with Crippen molar-refractivity contribution >= 4 is 11.6 Å². The van der Waals surface area contributed by atoms with E-state index in [4.69, 9.17) is 4.74 Å². The average Bonchev–Trinajstić information content (AvgIpc) is 3.37. The summed E-state index contributed by atoms with van der Waals surface area (Å²) in [5.41, 5.74) is 2.11. The smallest absolute Gasteiger partial charge is 0.228 e. The Labute approximate surface area is 140 Å². The monoisotopic (exact) mass is 329 g/mol. The average molecular weight is 329 g/mol. The maximum atomic E-state index is 13.3. The van der Waals surface area contributed by atoms with E-state index in [1.165, 1.54) is 12.1 Å². The third-order valence-corrected chi connectivity index (χ3v) is 4.20. The molecule has 2 aromatic rings. The minimum absolute atomic E-state index is 0.0701. The molecule has 0 saturated heterocycles. The van der Waals surface area contributed by atoms with Crippen molar-refractivity contribution in [2.45, 2.75) is 25.9 Å². The molecule has 24 heavy (non-hydrogen) atoms. The zero-order valence-corrected chi connectivity index (χ0v) is 13.5. The molecule has 0 aromatic heterocycles. The van der Waals surface area contributed by atoms with E-state index in [0.29, 0.717) is 23.6 Å². The molecule has 1 amide bonds. The number of anilines is 1. The first-order valence-electron chi connectivity index (χ1n) is 8.05. The Bertz CT molecular complexity index is 747. The predicted octanol–water partition coefficient (Wildman–Crippen LogP) is 3.46. The van der Waals surface area contributed by atoms with Gasteiger partial charge in [-0.2, -0.15) is 0 Å². The van der Waals surface area contributed by atoms with Crippen LogP contribution in [0.5, 0.6) is 5.75 Å². The van der Waals surface area contributed by atoms with Gasteiger partial charge in [-0.1, -0.05) is 12.1 Å². The van der Waals surface area contributed by atoms with E-state index < -0.39 is 0 Å². The van der Waals surface area contributed by atoms with E-state index in [0.717, 1.165) is 12.0 Å². The number of nitrogens with one attached hydrogen (secondary N) is 1. The van der Waals surface area contributed by atoms with Gasteiger partial charge < -0.3 is 15.2 Å². The van der Waals surface area contributed by atoms with Gasteiger partial charge in [0, 0.05) is 17.2 Å². The maximum absolute atomic E-state index is 13.3. The van der Waals surface area contributed by atoms with Crippen LogP contribution >= 0.6 is 0 Å². The summed E-state index contributed by atoms with van der Waals surface area (Å²) in [4.78, 5) is 12.4. The third-order valence-electron chi connectivity index (χ3n) is 4.20. The summed E-state index contributed by atoms with van der Waals surface area (Å²) in [5.74, 6) is 0.175. The zero-order chi connectivity index (χ0) is 17.1. The van der Waals surface area contributed by atoms with E-state index in [-0.39, 0.29) is 30.2 Å².